The molecule has 2 aliphatic rings. The zero-order valence-electron chi connectivity index (χ0n) is 11.6. The summed E-state index contributed by atoms with van der Waals surface area (Å²) in [4.78, 5) is 25.9. The molecule has 0 aromatic rings. The molecule has 102 valence electrons. The number of hydrogen-bond donors (Lipinski definition) is 1. The second-order valence-electron chi connectivity index (χ2n) is 5.95. The predicted octanol–water partition coefficient (Wildman–Crippen LogP) is 1.41. The highest BCUT2D eigenvalue weighted by Crippen LogP contribution is 2.42. The first-order valence-corrected chi connectivity index (χ1v) is 7.07. The minimum absolute atomic E-state index is 0.00535. The van der Waals surface area contributed by atoms with Gasteiger partial charge in [0.05, 0.1) is 11.8 Å². The Morgan fingerprint density at radius 2 is 1.83 bits per heavy atom. The van der Waals surface area contributed by atoms with E-state index in [4.69, 9.17) is 0 Å². The number of nitrogens with one attached hydrogen (secondary N) is 1. The van der Waals surface area contributed by atoms with Gasteiger partial charge in [-0.1, -0.05) is 6.92 Å². The summed E-state index contributed by atoms with van der Waals surface area (Å²) >= 11 is 0. The maximum absolute atomic E-state index is 12.2. The first-order chi connectivity index (χ1) is 8.54. The number of hydrogen-bond acceptors (Lipinski definition) is 3. The molecule has 1 N–H and O–H groups in total. The molecule has 1 heterocycles. The molecular weight excluding hydrogens is 228 g/mol. The summed E-state index contributed by atoms with van der Waals surface area (Å²) in [7, 11) is 1.93. The maximum atomic E-state index is 12.2. The lowest BCUT2D eigenvalue weighted by atomic mass is 10.00. The molecule has 0 radical (unpaired) electrons. The Balaban J connectivity index is 1.88. The standard InChI is InChI=1S/C14H24N2O2/c1-9-7-11-12(8-9)14(18)16(13(11)17)6-4-5-10(2)15-3/h9-12,15H,4-8H2,1-3H3. The van der Waals surface area contributed by atoms with Gasteiger partial charge < -0.3 is 5.32 Å². The largest absolute Gasteiger partial charge is 0.317 e. The van der Waals surface area contributed by atoms with Gasteiger partial charge in [-0.05, 0) is 45.6 Å². The zero-order valence-corrected chi connectivity index (χ0v) is 11.6. The third-order valence-corrected chi connectivity index (χ3v) is 4.48. The van der Waals surface area contributed by atoms with Gasteiger partial charge in [-0.15, -0.1) is 0 Å². The molecule has 3 unspecified atom stereocenters. The van der Waals surface area contributed by atoms with Crippen LogP contribution in [0.3, 0.4) is 0 Å². The third kappa shape index (κ3) is 2.44. The zero-order chi connectivity index (χ0) is 13.3. The Hall–Kier alpha value is -0.900. The van der Waals surface area contributed by atoms with Crippen molar-refractivity contribution in [2.45, 2.75) is 45.6 Å². The predicted molar refractivity (Wildman–Crippen MR) is 69.9 cm³/mol. The smallest absolute Gasteiger partial charge is 0.233 e. The monoisotopic (exact) mass is 252 g/mol. The van der Waals surface area contributed by atoms with Crippen molar-refractivity contribution < 1.29 is 9.59 Å². The van der Waals surface area contributed by atoms with Crippen molar-refractivity contribution in [1.82, 2.24) is 10.2 Å². The van der Waals surface area contributed by atoms with E-state index in [0.717, 1.165) is 25.7 Å². The highest BCUT2D eigenvalue weighted by Gasteiger charge is 2.51. The first kappa shape index (κ1) is 13.5. The van der Waals surface area contributed by atoms with Crippen LogP contribution in [0.15, 0.2) is 0 Å². The number of carbonyl (C=O) groups is 2. The van der Waals surface area contributed by atoms with Crippen molar-refractivity contribution in [3.63, 3.8) is 0 Å². The molecule has 1 saturated heterocycles. The van der Waals surface area contributed by atoms with Crippen molar-refractivity contribution >= 4 is 11.8 Å². The summed E-state index contributed by atoms with van der Waals surface area (Å²) in [6, 6.07) is 0.442. The van der Waals surface area contributed by atoms with E-state index < -0.39 is 0 Å². The minimum atomic E-state index is -0.00535. The van der Waals surface area contributed by atoms with Crippen LogP contribution < -0.4 is 5.32 Å². The SMILES string of the molecule is CNC(C)CCCN1C(=O)C2CC(C)CC2C1=O. The van der Waals surface area contributed by atoms with Crippen molar-refractivity contribution in [1.29, 1.82) is 0 Å². The fraction of sp³-hybridized carbons (Fsp3) is 0.857. The molecule has 3 atom stereocenters. The van der Waals surface area contributed by atoms with Crippen molar-refractivity contribution in [3.05, 3.63) is 0 Å². The molecule has 0 spiro atoms. The van der Waals surface area contributed by atoms with Crippen LogP contribution in [0.5, 0.6) is 0 Å². The Morgan fingerprint density at radius 1 is 1.28 bits per heavy atom. The summed E-state index contributed by atoms with van der Waals surface area (Å²) in [5.74, 6) is 0.695. The number of likely N-dealkylation sites (tertiary alicyclic amines) is 1. The van der Waals surface area contributed by atoms with Crippen LogP contribution in [0.1, 0.15) is 39.5 Å². The quantitative estimate of drug-likeness (QED) is 0.753. The number of carbonyl (C=O) groups excluding carboxylic acids is 2. The molecule has 18 heavy (non-hydrogen) atoms. The lowest BCUT2D eigenvalue weighted by Crippen LogP contribution is -2.34. The van der Waals surface area contributed by atoms with Crippen molar-refractivity contribution in [3.8, 4) is 0 Å². The Kier molecular flexibility index (Phi) is 4.05. The molecule has 0 aromatic heterocycles. The molecule has 0 aromatic carbocycles. The fourth-order valence-corrected chi connectivity index (χ4v) is 3.27. The average Bonchev–Trinajstić information content (AvgIpc) is 2.82. The molecule has 2 rings (SSSR count). The van der Waals surface area contributed by atoms with Gasteiger partial charge in [0, 0.05) is 12.6 Å². The van der Waals surface area contributed by atoms with Crippen LogP contribution >= 0.6 is 0 Å². The van der Waals surface area contributed by atoms with E-state index in [1.807, 2.05) is 7.05 Å². The van der Waals surface area contributed by atoms with Crippen molar-refractivity contribution in [2.24, 2.45) is 17.8 Å². The molecule has 4 nitrogen and oxygen atoms in total. The van der Waals surface area contributed by atoms with Crippen LogP contribution in [0.4, 0.5) is 0 Å². The Labute approximate surface area is 109 Å². The summed E-state index contributed by atoms with van der Waals surface area (Å²) in [5, 5.41) is 3.17. The molecular formula is C14H24N2O2. The lowest BCUT2D eigenvalue weighted by molar-refractivity contribution is -0.140. The highest BCUT2D eigenvalue weighted by molar-refractivity contribution is 6.05. The van der Waals surface area contributed by atoms with Crippen LogP contribution in [0, 0.1) is 17.8 Å². The normalized spacial score (nSPS) is 33.1. The van der Waals surface area contributed by atoms with E-state index in [2.05, 4.69) is 19.2 Å². The molecule has 4 heteroatoms. The van der Waals surface area contributed by atoms with E-state index >= 15 is 0 Å². The van der Waals surface area contributed by atoms with E-state index in [0.29, 0.717) is 18.5 Å². The minimum Gasteiger partial charge on any atom is -0.317 e. The molecule has 1 aliphatic heterocycles. The van der Waals surface area contributed by atoms with Gasteiger partial charge in [-0.25, -0.2) is 0 Å². The Morgan fingerprint density at radius 3 is 2.33 bits per heavy atom. The first-order valence-electron chi connectivity index (χ1n) is 7.07. The Bertz CT molecular complexity index is 319. The van der Waals surface area contributed by atoms with Crippen LogP contribution in [0.25, 0.3) is 0 Å². The van der Waals surface area contributed by atoms with Gasteiger partial charge in [0.15, 0.2) is 0 Å². The van der Waals surface area contributed by atoms with Gasteiger partial charge in [0.25, 0.3) is 0 Å². The number of rotatable bonds is 5. The second-order valence-corrected chi connectivity index (χ2v) is 5.95. The maximum Gasteiger partial charge on any atom is 0.233 e. The van der Waals surface area contributed by atoms with Crippen LogP contribution in [-0.2, 0) is 9.59 Å². The topological polar surface area (TPSA) is 49.4 Å². The number of nitrogens with zero attached hydrogens (tertiary/aromatic N) is 1. The average molecular weight is 252 g/mol. The number of amides is 2. The van der Waals surface area contributed by atoms with Gasteiger partial charge >= 0.3 is 0 Å². The number of fused-ring (bicyclic) bond motifs is 1. The van der Waals surface area contributed by atoms with Gasteiger partial charge in [0.1, 0.15) is 0 Å². The molecule has 1 aliphatic carbocycles. The summed E-state index contributed by atoms with van der Waals surface area (Å²) in [5.41, 5.74) is 0. The summed E-state index contributed by atoms with van der Waals surface area (Å²) in [6.07, 6.45) is 3.70. The van der Waals surface area contributed by atoms with Crippen LogP contribution in [-0.4, -0.2) is 36.3 Å². The molecule has 2 fully saturated rings. The van der Waals surface area contributed by atoms with E-state index in [9.17, 15) is 9.59 Å². The number of imide groups is 1. The van der Waals surface area contributed by atoms with E-state index in [1.165, 1.54) is 4.90 Å². The molecule has 1 saturated carbocycles. The van der Waals surface area contributed by atoms with Gasteiger partial charge in [0.2, 0.25) is 11.8 Å². The van der Waals surface area contributed by atoms with Crippen molar-refractivity contribution in [2.75, 3.05) is 13.6 Å². The van der Waals surface area contributed by atoms with E-state index in [1.54, 1.807) is 0 Å². The van der Waals surface area contributed by atoms with Gasteiger partial charge in [-0.3, -0.25) is 14.5 Å². The summed E-state index contributed by atoms with van der Waals surface area (Å²) in [6.45, 7) is 4.85. The summed E-state index contributed by atoms with van der Waals surface area (Å²) < 4.78 is 0. The van der Waals surface area contributed by atoms with E-state index in [-0.39, 0.29) is 23.7 Å². The molecule has 0 bridgehead atoms. The molecule has 2 amide bonds. The van der Waals surface area contributed by atoms with Gasteiger partial charge in [-0.2, -0.15) is 0 Å². The highest BCUT2D eigenvalue weighted by atomic mass is 16.2. The van der Waals surface area contributed by atoms with Crippen LogP contribution in [0.2, 0.25) is 0 Å². The third-order valence-electron chi connectivity index (χ3n) is 4.48. The lowest BCUT2D eigenvalue weighted by Gasteiger charge is -2.18. The fourth-order valence-electron chi connectivity index (χ4n) is 3.27. The second kappa shape index (κ2) is 5.39.